The molecule has 1 rings (SSSR count). The van der Waals surface area contributed by atoms with Gasteiger partial charge in [-0.3, -0.25) is 4.79 Å². The molecule has 0 heterocycles. The minimum atomic E-state index is -0.925. The third-order valence-electron chi connectivity index (χ3n) is 2.23. The standard InChI is InChI=1S/C12H18N2O3/c13-6-7-14-11(12(15)16)9-17-8-10-4-2-1-3-5-10/h1-5,11,14H,6-9,13H2,(H,15,16). The fourth-order valence-electron chi connectivity index (χ4n) is 1.34. The molecule has 4 N–H and O–H groups in total. The van der Waals surface area contributed by atoms with Crippen molar-refractivity contribution in [1.29, 1.82) is 0 Å². The number of carboxylic acids is 1. The number of carbonyl (C=O) groups is 1. The zero-order valence-electron chi connectivity index (χ0n) is 9.63. The van der Waals surface area contributed by atoms with Crippen LogP contribution in [0, 0.1) is 0 Å². The summed E-state index contributed by atoms with van der Waals surface area (Å²) in [5.74, 6) is -0.925. The molecule has 94 valence electrons. The SMILES string of the molecule is NCCNC(COCc1ccccc1)C(=O)O. The molecule has 0 aliphatic carbocycles. The second-order valence-corrected chi connectivity index (χ2v) is 3.63. The van der Waals surface area contributed by atoms with Gasteiger partial charge in [0.05, 0.1) is 13.2 Å². The highest BCUT2D eigenvalue weighted by Gasteiger charge is 2.15. The van der Waals surface area contributed by atoms with Crippen molar-refractivity contribution in [2.75, 3.05) is 19.7 Å². The van der Waals surface area contributed by atoms with Crippen molar-refractivity contribution in [2.45, 2.75) is 12.6 Å². The van der Waals surface area contributed by atoms with Gasteiger partial charge >= 0.3 is 5.97 Å². The lowest BCUT2D eigenvalue weighted by molar-refractivity contribution is -0.141. The van der Waals surface area contributed by atoms with Crippen molar-refractivity contribution in [3.05, 3.63) is 35.9 Å². The Bertz CT molecular complexity index is 330. The quantitative estimate of drug-likeness (QED) is 0.602. The zero-order chi connectivity index (χ0) is 12.5. The summed E-state index contributed by atoms with van der Waals surface area (Å²) in [6.07, 6.45) is 0. The summed E-state index contributed by atoms with van der Waals surface area (Å²) in [5, 5.41) is 11.7. The molecular weight excluding hydrogens is 220 g/mol. The molecule has 0 saturated heterocycles. The van der Waals surface area contributed by atoms with Crippen molar-refractivity contribution < 1.29 is 14.6 Å². The van der Waals surface area contributed by atoms with Crippen LogP contribution in [0.3, 0.4) is 0 Å². The molecule has 1 atom stereocenters. The number of ether oxygens (including phenoxy) is 1. The van der Waals surface area contributed by atoms with Crippen LogP contribution in [-0.2, 0) is 16.1 Å². The third kappa shape index (κ3) is 5.44. The van der Waals surface area contributed by atoms with Gasteiger partial charge in [-0.2, -0.15) is 0 Å². The molecule has 1 aromatic rings. The lowest BCUT2D eigenvalue weighted by Crippen LogP contribution is -2.42. The van der Waals surface area contributed by atoms with E-state index in [-0.39, 0.29) is 6.61 Å². The first-order valence-electron chi connectivity index (χ1n) is 5.52. The molecule has 0 radical (unpaired) electrons. The van der Waals surface area contributed by atoms with Crippen LogP contribution in [0.1, 0.15) is 5.56 Å². The van der Waals surface area contributed by atoms with Crippen LogP contribution in [0.4, 0.5) is 0 Å². The highest BCUT2D eigenvalue weighted by atomic mass is 16.5. The lowest BCUT2D eigenvalue weighted by Gasteiger charge is -2.14. The van der Waals surface area contributed by atoms with Crippen LogP contribution in [-0.4, -0.2) is 36.8 Å². The number of rotatable bonds is 8. The van der Waals surface area contributed by atoms with E-state index in [1.165, 1.54) is 0 Å². The number of nitrogens with two attached hydrogens (primary N) is 1. The third-order valence-corrected chi connectivity index (χ3v) is 2.23. The monoisotopic (exact) mass is 238 g/mol. The Balaban J connectivity index is 2.29. The molecule has 0 bridgehead atoms. The summed E-state index contributed by atoms with van der Waals surface area (Å²) in [6, 6.07) is 8.92. The summed E-state index contributed by atoms with van der Waals surface area (Å²) >= 11 is 0. The highest BCUT2D eigenvalue weighted by Crippen LogP contribution is 2.01. The van der Waals surface area contributed by atoms with Crippen molar-refractivity contribution in [3.63, 3.8) is 0 Å². The summed E-state index contributed by atoms with van der Waals surface area (Å²) < 4.78 is 5.36. The van der Waals surface area contributed by atoms with Crippen LogP contribution in [0.25, 0.3) is 0 Å². The van der Waals surface area contributed by atoms with Gasteiger partial charge in [0.1, 0.15) is 6.04 Å². The first-order valence-corrected chi connectivity index (χ1v) is 5.52. The molecule has 1 unspecified atom stereocenters. The number of nitrogens with one attached hydrogen (secondary N) is 1. The van der Waals surface area contributed by atoms with E-state index in [1.54, 1.807) is 0 Å². The second kappa shape index (κ2) is 7.78. The molecule has 0 aliphatic heterocycles. The van der Waals surface area contributed by atoms with Gasteiger partial charge in [0.15, 0.2) is 0 Å². The molecule has 5 heteroatoms. The highest BCUT2D eigenvalue weighted by molar-refractivity contribution is 5.73. The topological polar surface area (TPSA) is 84.6 Å². The van der Waals surface area contributed by atoms with Crippen molar-refractivity contribution >= 4 is 5.97 Å². The number of hydrogen-bond donors (Lipinski definition) is 3. The number of carboxylic acid groups (broad SMARTS) is 1. The summed E-state index contributed by atoms with van der Waals surface area (Å²) in [6.45, 7) is 1.41. The molecule has 0 amide bonds. The maximum Gasteiger partial charge on any atom is 0.323 e. The summed E-state index contributed by atoms with van der Waals surface area (Å²) in [5.41, 5.74) is 6.32. The Hall–Kier alpha value is -1.43. The molecule has 1 aromatic carbocycles. The van der Waals surface area contributed by atoms with Gasteiger partial charge in [0.25, 0.3) is 0 Å². The number of benzene rings is 1. The van der Waals surface area contributed by atoms with Crippen molar-refractivity contribution in [1.82, 2.24) is 5.32 Å². The van der Waals surface area contributed by atoms with E-state index in [9.17, 15) is 4.79 Å². The van der Waals surface area contributed by atoms with E-state index in [2.05, 4.69) is 5.32 Å². The van der Waals surface area contributed by atoms with E-state index in [1.807, 2.05) is 30.3 Å². The molecule has 0 spiro atoms. The van der Waals surface area contributed by atoms with Crippen LogP contribution < -0.4 is 11.1 Å². The summed E-state index contributed by atoms with van der Waals surface area (Å²) in [4.78, 5) is 10.9. The maximum atomic E-state index is 10.9. The van der Waals surface area contributed by atoms with Crippen molar-refractivity contribution in [3.8, 4) is 0 Å². The Labute approximate surface area is 101 Å². The van der Waals surface area contributed by atoms with E-state index in [0.717, 1.165) is 5.56 Å². The normalized spacial score (nSPS) is 12.3. The summed E-state index contributed by atoms with van der Waals surface area (Å²) in [7, 11) is 0. The average molecular weight is 238 g/mol. The smallest absolute Gasteiger partial charge is 0.323 e. The van der Waals surface area contributed by atoms with E-state index in [0.29, 0.717) is 19.7 Å². The van der Waals surface area contributed by atoms with Gasteiger partial charge in [-0.15, -0.1) is 0 Å². The number of aliphatic carboxylic acids is 1. The molecule has 17 heavy (non-hydrogen) atoms. The van der Waals surface area contributed by atoms with Gasteiger partial charge in [0.2, 0.25) is 0 Å². The Morgan fingerprint density at radius 2 is 2.12 bits per heavy atom. The second-order valence-electron chi connectivity index (χ2n) is 3.63. The Morgan fingerprint density at radius 3 is 2.71 bits per heavy atom. The predicted octanol–water partition coefficient (Wildman–Crippen LogP) is 0.205. The Kier molecular flexibility index (Phi) is 6.24. The van der Waals surface area contributed by atoms with Crippen LogP contribution >= 0.6 is 0 Å². The minimum absolute atomic E-state index is 0.129. The van der Waals surface area contributed by atoms with E-state index >= 15 is 0 Å². The zero-order valence-corrected chi connectivity index (χ0v) is 9.63. The van der Waals surface area contributed by atoms with Gasteiger partial charge in [-0.1, -0.05) is 30.3 Å². The van der Waals surface area contributed by atoms with Crippen LogP contribution in [0.5, 0.6) is 0 Å². The average Bonchev–Trinajstić information content (AvgIpc) is 2.34. The number of hydrogen-bond acceptors (Lipinski definition) is 4. The van der Waals surface area contributed by atoms with Crippen LogP contribution in [0.2, 0.25) is 0 Å². The van der Waals surface area contributed by atoms with Gasteiger partial charge < -0.3 is 20.9 Å². The first-order chi connectivity index (χ1) is 8.24. The van der Waals surface area contributed by atoms with Gasteiger partial charge in [-0.05, 0) is 5.56 Å². The van der Waals surface area contributed by atoms with Gasteiger partial charge in [-0.25, -0.2) is 0 Å². The molecule has 0 saturated carbocycles. The molecular formula is C12H18N2O3. The van der Waals surface area contributed by atoms with Crippen molar-refractivity contribution in [2.24, 2.45) is 5.73 Å². The predicted molar refractivity (Wildman–Crippen MR) is 64.6 cm³/mol. The molecule has 0 fully saturated rings. The minimum Gasteiger partial charge on any atom is -0.480 e. The molecule has 0 aliphatic rings. The fraction of sp³-hybridized carbons (Fsp3) is 0.417. The fourth-order valence-corrected chi connectivity index (χ4v) is 1.34. The first kappa shape index (κ1) is 13.6. The largest absolute Gasteiger partial charge is 0.480 e. The molecule has 0 aromatic heterocycles. The van der Waals surface area contributed by atoms with Gasteiger partial charge in [0, 0.05) is 13.1 Å². The lowest BCUT2D eigenvalue weighted by atomic mass is 10.2. The maximum absolute atomic E-state index is 10.9. The Morgan fingerprint density at radius 1 is 1.41 bits per heavy atom. The molecule has 5 nitrogen and oxygen atoms in total. The van der Waals surface area contributed by atoms with E-state index in [4.69, 9.17) is 15.6 Å². The van der Waals surface area contributed by atoms with Crippen LogP contribution in [0.15, 0.2) is 30.3 Å². The van der Waals surface area contributed by atoms with E-state index < -0.39 is 12.0 Å².